The molecule has 0 aliphatic carbocycles. The lowest BCUT2D eigenvalue weighted by Gasteiger charge is -2.33. The van der Waals surface area contributed by atoms with Crippen molar-refractivity contribution in [2.75, 3.05) is 37.8 Å². The molecule has 0 saturated carbocycles. The van der Waals surface area contributed by atoms with Crippen LogP contribution in [-0.4, -0.2) is 52.3 Å². The van der Waals surface area contributed by atoms with E-state index in [0.717, 1.165) is 54.6 Å². The average Bonchev–Trinajstić information content (AvgIpc) is 3.40. The van der Waals surface area contributed by atoms with Crippen LogP contribution in [0.4, 0.5) is 11.6 Å². The smallest absolute Gasteiger partial charge is 0.146 e. The van der Waals surface area contributed by atoms with E-state index in [2.05, 4.69) is 69.8 Å². The Morgan fingerprint density at radius 2 is 1.94 bits per heavy atom. The molecule has 4 aromatic rings. The highest BCUT2D eigenvalue weighted by molar-refractivity contribution is 7.17. The summed E-state index contributed by atoms with van der Waals surface area (Å²) >= 11 is 1.70. The molecule has 0 amide bonds. The van der Waals surface area contributed by atoms with Crippen molar-refractivity contribution in [2.24, 2.45) is 0 Å². The molecule has 3 aromatic heterocycles. The van der Waals surface area contributed by atoms with E-state index in [1.54, 1.807) is 11.3 Å². The number of anilines is 2. The fourth-order valence-corrected chi connectivity index (χ4v) is 5.30. The fraction of sp³-hybridized carbons (Fsp3) is 0.348. The molecule has 0 radical (unpaired) electrons. The number of H-pyrrole nitrogens is 1. The molecule has 1 saturated heterocycles. The van der Waals surface area contributed by atoms with Crippen LogP contribution < -0.4 is 10.6 Å². The summed E-state index contributed by atoms with van der Waals surface area (Å²) in [7, 11) is 4.11. The fourth-order valence-electron chi connectivity index (χ4n) is 4.34. The van der Waals surface area contributed by atoms with E-state index in [1.807, 2.05) is 6.07 Å². The molecule has 1 aromatic carbocycles. The third-order valence-corrected chi connectivity index (χ3v) is 6.73. The first-order valence-corrected chi connectivity index (χ1v) is 11.5. The number of nitrogen functional groups attached to an aromatic ring is 1. The number of nitrogens with two attached hydrogens (primary N) is 1. The molecule has 8 heteroatoms. The molecular weight excluding hydrogens is 406 g/mol. The van der Waals surface area contributed by atoms with E-state index < -0.39 is 0 Å². The molecule has 0 atom stereocenters. The molecule has 160 valence electrons. The first-order chi connectivity index (χ1) is 15.1. The SMILES string of the molecule is CN(C)Cc1nc(N2CCC(c3cc(N)n[nH]3)CC2)c2c(-c3ccccc3)csc2n1. The van der Waals surface area contributed by atoms with Gasteiger partial charge in [-0.15, -0.1) is 11.3 Å². The van der Waals surface area contributed by atoms with Gasteiger partial charge in [0.2, 0.25) is 0 Å². The van der Waals surface area contributed by atoms with Gasteiger partial charge in [-0.25, -0.2) is 9.97 Å². The number of hydrogen-bond donors (Lipinski definition) is 2. The highest BCUT2D eigenvalue weighted by atomic mass is 32.1. The number of nitrogens with zero attached hydrogens (tertiary/aromatic N) is 5. The Kier molecular flexibility index (Phi) is 5.33. The largest absolute Gasteiger partial charge is 0.382 e. The van der Waals surface area contributed by atoms with E-state index in [-0.39, 0.29) is 0 Å². The lowest BCUT2D eigenvalue weighted by atomic mass is 9.93. The van der Waals surface area contributed by atoms with Crippen molar-refractivity contribution in [1.29, 1.82) is 0 Å². The quantitative estimate of drug-likeness (QED) is 0.493. The zero-order valence-corrected chi connectivity index (χ0v) is 18.7. The Morgan fingerprint density at radius 3 is 2.61 bits per heavy atom. The number of hydrogen-bond acceptors (Lipinski definition) is 7. The van der Waals surface area contributed by atoms with Gasteiger partial charge in [0.1, 0.15) is 22.3 Å². The lowest BCUT2D eigenvalue weighted by molar-refractivity contribution is 0.391. The van der Waals surface area contributed by atoms with E-state index >= 15 is 0 Å². The number of rotatable bonds is 5. The average molecular weight is 434 g/mol. The predicted molar refractivity (Wildman–Crippen MR) is 127 cm³/mol. The second-order valence-corrected chi connectivity index (χ2v) is 9.26. The summed E-state index contributed by atoms with van der Waals surface area (Å²) in [4.78, 5) is 15.6. The maximum Gasteiger partial charge on any atom is 0.146 e. The normalized spacial score (nSPS) is 15.3. The van der Waals surface area contributed by atoms with Gasteiger partial charge in [-0.05, 0) is 32.5 Å². The molecule has 5 rings (SSSR count). The number of benzene rings is 1. The van der Waals surface area contributed by atoms with Crippen molar-refractivity contribution in [3.8, 4) is 11.1 Å². The summed E-state index contributed by atoms with van der Waals surface area (Å²) in [6, 6.07) is 12.5. The van der Waals surface area contributed by atoms with Gasteiger partial charge in [-0.2, -0.15) is 5.10 Å². The van der Waals surface area contributed by atoms with E-state index in [4.69, 9.17) is 15.7 Å². The number of aromatic amines is 1. The van der Waals surface area contributed by atoms with Crippen molar-refractivity contribution in [3.05, 3.63) is 53.3 Å². The minimum absolute atomic E-state index is 0.454. The number of aromatic nitrogens is 4. The van der Waals surface area contributed by atoms with E-state index in [0.29, 0.717) is 11.7 Å². The Labute approximate surface area is 185 Å². The third kappa shape index (κ3) is 4.00. The van der Waals surface area contributed by atoms with Gasteiger partial charge in [0.25, 0.3) is 0 Å². The van der Waals surface area contributed by atoms with Crippen LogP contribution in [-0.2, 0) is 6.54 Å². The second kappa shape index (κ2) is 8.28. The van der Waals surface area contributed by atoms with Crippen molar-refractivity contribution < 1.29 is 0 Å². The predicted octanol–water partition coefficient (Wildman–Crippen LogP) is 4.11. The Balaban J connectivity index is 1.52. The summed E-state index contributed by atoms with van der Waals surface area (Å²) in [5, 5.41) is 10.6. The van der Waals surface area contributed by atoms with Gasteiger partial charge in [-0.3, -0.25) is 5.10 Å². The van der Waals surface area contributed by atoms with E-state index in [1.165, 1.54) is 16.5 Å². The molecule has 7 nitrogen and oxygen atoms in total. The summed E-state index contributed by atoms with van der Waals surface area (Å²) in [6.07, 6.45) is 2.09. The van der Waals surface area contributed by atoms with Crippen LogP contribution in [0.25, 0.3) is 21.3 Å². The third-order valence-electron chi connectivity index (χ3n) is 5.86. The molecule has 1 fully saturated rings. The Morgan fingerprint density at radius 1 is 1.16 bits per heavy atom. The molecule has 3 N–H and O–H groups in total. The van der Waals surface area contributed by atoms with E-state index in [9.17, 15) is 0 Å². The topological polar surface area (TPSA) is 87.0 Å². The van der Waals surface area contributed by atoms with Crippen LogP contribution in [0.1, 0.15) is 30.3 Å². The standard InChI is InChI=1S/C23H27N7S/c1-29(2)13-20-25-22(30-10-8-16(9-11-30)18-12-19(24)28-27-18)21-17(14-31-23(21)26-20)15-6-4-3-5-7-15/h3-7,12,14,16H,8-11,13H2,1-2H3,(H3,24,27,28). The molecule has 4 heterocycles. The van der Waals surface area contributed by atoms with Gasteiger partial charge in [0, 0.05) is 41.7 Å². The van der Waals surface area contributed by atoms with Crippen molar-refractivity contribution in [2.45, 2.75) is 25.3 Å². The van der Waals surface area contributed by atoms with Crippen LogP contribution in [0.5, 0.6) is 0 Å². The summed E-state index contributed by atoms with van der Waals surface area (Å²) in [5.74, 6) is 2.95. The lowest BCUT2D eigenvalue weighted by Crippen LogP contribution is -2.34. The molecular formula is C23H27N7S. The maximum absolute atomic E-state index is 5.81. The Hall–Kier alpha value is -2.97. The zero-order chi connectivity index (χ0) is 21.4. The number of fused-ring (bicyclic) bond motifs is 1. The van der Waals surface area contributed by atoms with Crippen LogP contribution in [0.3, 0.4) is 0 Å². The van der Waals surface area contributed by atoms with Crippen molar-refractivity contribution in [1.82, 2.24) is 25.1 Å². The second-order valence-electron chi connectivity index (χ2n) is 8.41. The first kappa shape index (κ1) is 20.0. The summed E-state index contributed by atoms with van der Waals surface area (Å²) in [5.41, 5.74) is 9.38. The summed E-state index contributed by atoms with van der Waals surface area (Å²) < 4.78 is 0. The zero-order valence-electron chi connectivity index (χ0n) is 17.9. The molecule has 1 aliphatic rings. The van der Waals surface area contributed by atoms with Gasteiger partial charge in [-0.1, -0.05) is 30.3 Å². The number of thiophene rings is 1. The molecule has 0 bridgehead atoms. The van der Waals surface area contributed by atoms with Gasteiger partial charge < -0.3 is 15.5 Å². The molecule has 1 aliphatic heterocycles. The van der Waals surface area contributed by atoms with Crippen LogP contribution >= 0.6 is 11.3 Å². The summed E-state index contributed by atoms with van der Waals surface area (Å²) in [6.45, 7) is 2.62. The van der Waals surface area contributed by atoms with Crippen LogP contribution in [0, 0.1) is 0 Å². The first-order valence-electron chi connectivity index (χ1n) is 10.6. The molecule has 0 unspecified atom stereocenters. The van der Waals surface area contributed by atoms with Crippen LogP contribution in [0.15, 0.2) is 41.8 Å². The number of nitrogens with one attached hydrogen (secondary N) is 1. The molecule has 31 heavy (non-hydrogen) atoms. The van der Waals surface area contributed by atoms with Gasteiger partial charge in [0.15, 0.2) is 0 Å². The number of piperidine rings is 1. The molecule has 0 spiro atoms. The van der Waals surface area contributed by atoms with Crippen molar-refractivity contribution >= 4 is 33.2 Å². The maximum atomic E-state index is 5.81. The Bertz CT molecular complexity index is 1170. The highest BCUT2D eigenvalue weighted by Gasteiger charge is 2.26. The minimum Gasteiger partial charge on any atom is -0.382 e. The van der Waals surface area contributed by atoms with Crippen molar-refractivity contribution in [3.63, 3.8) is 0 Å². The monoisotopic (exact) mass is 433 g/mol. The van der Waals surface area contributed by atoms with Gasteiger partial charge >= 0.3 is 0 Å². The van der Waals surface area contributed by atoms with Gasteiger partial charge in [0.05, 0.1) is 11.9 Å². The highest BCUT2D eigenvalue weighted by Crippen LogP contribution is 2.40. The minimum atomic E-state index is 0.454. The van der Waals surface area contributed by atoms with Crippen LogP contribution in [0.2, 0.25) is 0 Å².